The summed E-state index contributed by atoms with van der Waals surface area (Å²) in [5.41, 5.74) is 6.22. The molecule has 6 rings (SSSR count). The SMILES string of the molecule is CCNc1ccc2c(c1)C1(OC(=O)c3ccccc31)c1ccc(N(C)c3ccc(C)cc3)cc1O2. The Bertz CT molecular complexity index is 1460. The molecule has 0 bridgehead atoms. The Morgan fingerprint density at radius 1 is 0.829 bits per heavy atom. The Morgan fingerprint density at radius 2 is 1.60 bits per heavy atom. The molecular formula is C30H26N2O3. The molecular weight excluding hydrogens is 436 g/mol. The summed E-state index contributed by atoms with van der Waals surface area (Å²) in [6.45, 7) is 4.92. The van der Waals surface area contributed by atoms with Crippen molar-refractivity contribution in [3.63, 3.8) is 0 Å². The lowest BCUT2D eigenvalue weighted by Crippen LogP contribution is -2.33. The quantitative estimate of drug-likeness (QED) is 0.340. The number of carbonyl (C=O) groups excluding carboxylic acids is 1. The third kappa shape index (κ3) is 3.19. The molecule has 35 heavy (non-hydrogen) atoms. The first-order chi connectivity index (χ1) is 17.0. The van der Waals surface area contributed by atoms with E-state index in [9.17, 15) is 4.79 Å². The molecule has 2 aliphatic rings. The minimum absolute atomic E-state index is 0.325. The van der Waals surface area contributed by atoms with Crippen LogP contribution in [0.4, 0.5) is 17.1 Å². The number of esters is 1. The van der Waals surface area contributed by atoms with Gasteiger partial charge in [0.25, 0.3) is 0 Å². The molecule has 0 radical (unpaired) electrons. The van der Waals surface area contributed by atoms with Gasteiger partial charge >= 0.3 is 5.97 Å². The van der Waals surface area contributed by atoms with Crippen molar-refractivity contribution in [2.75, 3.05) is 23.8 Å². The topological polar surface area (TPSA) is 50.8 Å². The van der Waals surface area contributed by atoms with Crippen LogP contribution < -0.4 is 15.0 Å². The summed E-state index contributed by atoms with van der Waals surface area (Å²) < 4.78 is 12.7. The predicted molar refractivity (Wildman–Crippen MR) is 138 cm³/mol. The van der Waals surface area contributed by atoms with E-state index in [4.69, 9.17) is 9.47 Å². The molecule has 174 valence electrons. The molecule has 1 atom stereocenters. The van der Waals surface area contributed by atoms with Crippen LogP contribution in [-0.2, 0) is 10.3 Å². The van der Waals surface area contributed by atoms with Crippen molar-refractivity contribution in [3.05, 3.63) is 113 Å². The number of fused-ring (bicyclic) bond motifs is 6. The highest BCUT2D eigenvalue weighted by Crippen LogP contribution is 2.57. The van der Waals surface area contributed by atoms with Crippen LogP contribution in [0.15, 0.2) is 84.9 Å². The number of hydrogen-bond donors (Lipinski definition) is 1. The predicted octanol–water partition coefficient (Wildman–Crippen LogP) is 6.76. The maximum atomic E-state index is 13.1. The van der Waals surface area contributed by atoms with E-state index in [-0.39, 0.29) is 5.97 Å². The van der Waals surface area contributed by atoms with E-state index in [0.717, 1.165) is 40.3 Å². The van der Waals surface area contributed by atoms with Crippen LogP contribution in [0.25, 0.3) is 0 Å². The van der Waals surface area contributed by atoms with Gasteiger partial charge < -0.3 is 19.7 Å². The van der Waals surface area contributed by atoms with Gasteiger partial charge in [-0.25, -0.2) is 4.79 Å². The van der Waals surface area contributed by atoms with Crippen LogP contribution in [0.3, 0.4) is 0 Å². The fourth-order valence-electron chi connectivity index (χ4n) is 5.10. The van der Waals surface area contributed by atoms with Crippen molar-refractivity contribution in [2.45, 2.75) is 19.4 Å². The average molecular weight is 463 g/mol. The number of nitrogens with one attached hydrogen (secondary N) is 1. The third-order valence-corrected chi connectivity index (χ3v) is 6.88. The van der Waals surface area contributed by atoms with Crippen LogP contribution in [0.2, 0.25) is 0 Å². The van der Waals surface area contributed by atoms with Gasteiger partial charge in [-0.3, -0.25) is 0 Å². The summed E-state index contributed by atoms with van der Waals surface area (Å²) >= 11 is 0. The zero-order chi connectivity index (χ0) is 24.2. The molecule has 0 saturated heterocycles. The van der Waals surface area contributed by atoms with Gasteiger partial charge in [0.1, 0.15) is 11.5 Å². The molecule has 4 aromatic carbocycles. The molecule has 2 aliphatic heterocycles. The smallest absolute Gasteiger partial charge is 0.340 e. The first kappa shape index (κ1) is 21.3. The second-order valence-corrected chi connectivity index (χ2v) is 9.03. The van der Waals surface area contributed by atoms with Gasteiger partial charge in [-0.15, -0.1) is 0 Å². The number of aryl methyl sites for hydroxylation is 1. The first-order valence-corrected chi connectivity index (χ1v) is 11.9. The van der Waals surface area contributed by atoms with Gasteiger partial charge in [-0.2, -0.15) is 0 Å². The summed E-state index contributed by atoms with van der Waals surface area (Å²) in [6, 6.07) is 28.1. The van der Waals surface area contributed by atoms with Gasteiger partial charge in [0.15, 0.2) is 5.60 Å². The maximum Gasteiger partial charge on any atom is 0.340 e. The van der Waals surface area contributed by atoms with Crippen LogP contribution in [0.1, 0.15) is 39.5 Å². The highest BCUT2D eigenvalue weighted by molar-refractivity contribution is 5.97. The van der Waals surface area contributed by atoms with E-state index in [2.05, 4.69) is 54.4 Å². The molecule has 0 fully saturated rings. The van der Waals surface area contributed by atoms with Gasteiger partial charge in [0.2, 0.25) is 0 Å². The third-order valence-electron chi connectivity index (χ3n) is 6.88. The summed E-state index contributed by atoms with van der Waals surface area (Å²) in [7, 11) is 2.03. The lowest BCUT2D eigenvalue weighted by atomic mass is 9.77. The Labute approximate surface area is 204 Å². The largest absolute Gasteiger partial charge is 0.456 e. The van der Waals surface area contributed by atoms with Crippen LogP contribution in [-0.4, -0.2) is 19.6 Å². The lowest BCUT2D eigenvalue weighted by Gasteiger charge is -2.37. The molecule has 0 aromatic heterocycles. The van der Waals surface area contributed by atoms with E-state index in [1.165, 1.54) is 5.56 Å². The number of carbonyl (C=O) groups is 1. The van der Waals surface area contributed by atoms with Crippen LogP contribution >= 0.6 is 0 Å². The fraction of sp³-hybridized carbons (Fsp3) is 0.167. The second-order valence-electron chi connectivity index (χ2n) is 9.03. The summed E-state index contributed by atoms with van der Waals surface area (Å²) in [5, 5.41) is 3.37. The molecule has 4 aromatic rings. The van der Waals surface area contributed by atoms with E-state index in [1.54, 1.807) is 0 Å². The number of nitrogens with zero attached hydrogens (tertiary/aromatic N) is 1. The van der Waals surface area contributed by atoms with E-state index < -0.39 is 5.60 Å². The zero-order valence-electron chi connectivity index (χ0n) is 20.0. The Morgan fingerprint density at radius 3 is 2.40 bits per heavy atom. The van der Waals surface area contributed by atoms with Crippen molar-refractivity contribution in [1.29, 1.82) is 0 Å². The average Bonchev–Trinajstić information content (AvgIpc) is 3.17. The second kappa shape index (κ2) is 7.91. The highest BCUT2D eigenvalue weighted by Gasteiger charge is 2.53. The molecule has 1 unspecified atom stereocenters. The number of benzene rings is 4. The number of rotatable bonds is 4. The molecule has 2 heterocycles. The van der Waals surface area contributed by atoms with E-state index in [0.29, 0.717) is 17.1 Å². The molecule has 0 saturated carbocycles. The number of hydrogen-bond acceptors (Lipinski definition) is 5. The minimum atomic E-state index is -1.07. The summed E-state index contributed by atoms with van der Waals surface area (Å²) in [5.74, 6) is 1.03. The van der Waals surface area contributed by atoms with Gasteiger partial charge in [-0.1, -0.05) is 35.9 Å². The maximum absolute atomic E-state index is 13.1. The van der Waals surface area contributed by atoms with Crippen molar-refractivity contribution in [1.82, 2.24) is 0 Å². The zero-order valence-corrected chi connectivity index (χ0v) is 20.0. The van der Waals surface area contributed by atoms with Crippen LogP contribution in [0, 0.1) is 6.92 Å². The molecule has 0 amide bonds. The van der Waals surface area contributed by atoms with Crippen molar-refractivity contribution >= 4 is 23.0 Å². The number of anilines is 3. The molecule has 5 heteroatoms. The number of ether oxygens (including phenoxy) is 2. The van der Waals surface area contributed by atoms with Gasteiger partial charge in [-0.05, 0) is 62.4 Å². The summed E-state index contributed by atoms with van der Waals surface area (Å²) in [4.78, 5) is 15.2. The monoisotopic (exact) mass is 462 g/mol. The van der Waals surface area contributed by atoms with Crippen molar-refractivity contribution < 1.29 is 14.3 Å². The normalized spacial score (nSPS) is 17.2. The standard InChI is InChI=1S/C30H26N2O3/c1-4-31-20-11-16-27-26(17-20)30(24-8-6-5-7-23(24)29(33)35-30)25-15-14-22(18-28(25)34-27)32(3)21-12-9-19(2)10-13-21/h5-18,31H,4H2,1-3H3. The Balaban J connectivity index is 1.54. The Kier molecular flexibility index (Phi) is 4.81. The minimum Gasteiger partial charge on any atom is -0.456 e. The first-order valence-electron chi connectivity index (χ1n) is 11.9. The van der Waals surface area contributed by atoms with Crippen molar-refractivity contribution in [2.24, 2.45) is 0 Å². The summed E-state index contributed by atoms with van der Waals surface area (Å²) in [6.07, 6.45) is 0. The molecule has 0 aliphatic carbocycles. The fourth-order valence-corrected chi connectivity index (χ4v) is 5.10. The van der Waals surface area contributed by atoms with Gasteiger partial charge in [0, 0.05) is 53.4 Å². The highest BCUT2D eigenvalue weighted by atomic mass is 16.6. The van der Waals surface area contributed by atoms with E-state index >= 15 is 0 Å². The molecule has 1 spiro atoms. The van der Waals surface area contributed by atoms with Crippen LogP contribution in [0.5, 0.6) is 11.5 Å². The molecule has 1 N–H and O–H groups in total. The molecule has 5 nitrogen and oxygen atoms in total. The van der Waals surface area contributed by atoms with Gasteiger partial charge in [0.05, 0.1) is 5.56 Å². The Hall–Kier alpha value is -4.25. The lowest BCUT2D eigenvalue weighted by molar-refractivity contribution is 0.0224. The van der Waals surface area contributed by atoms with Crippen molar-refractivity contribution in [3.8, 4) is 11.5 Å². The van der Waals surface area contributed by atoms with E-state index in [1.807, 2.05) is 61.6 Å².